The van der Waals surface area contributed by atoms with Crippen molar-refractivity contribution in [1.29, 1.82) is 0 Å². The fourth-order valence-electron chi connectivity index (χ4n) is 2.51. The van der Waals surface area contributed by atoms with Gasteiger partial charge in [-0.05, 0) is 37.3 Å². The Kier molecular flexibility index (Phi) is 4.00. The highest BCUT2D eigenvalue weighted by atomic mass is 32.1. The molecule has 2 N–H and O–H groups in total. The van der Waals surface area contributed by atoms with E-state index >= 15 is 0 Å². The van der Waals surface area contributed by atoms with Gasteiger partial charge in [-0.1, -0.05) is 11.6 Å². The highest BCUT2D eigenvalue weighted by Gasteiger charge is 2.23. The van der Waals surface area contributed by atoms with Gasteiger partial charge in [0.2, 0.25) is 0 Å². The number of carboxylic acid groups (broad SMARTS) is 1. The minimum Gasteiger partial charge on any atom is -0.496 e. The van der Waals surface area contributed by atoms with Crippen LogP contribution in [0.3, 0.4) is 0 Å². The lowest BCUT2D eigenvalue weighted by atomic mass is 10.0. The van der Waals surface area contributed by atoms with Crippen molar-refractivity contribution in [2.24, 2.45) is 4.99 Å². The Bertz CT molecular complexity index is 817. The van der Waals surface area contributed by atoms with E-state index in [1.807, 2.05) is 25.1 Å². The van der Waals surface area contributed by atoms with Crippen molar-refractivity contribution in [3.05, 3.63) is 58.7 Å². The fraction of sp³-hybridized carbons (Fsp3) is 0.176. The quantitative estimate of drug-likeness (QED) is 0.756. The number of nitrogens with one attached hydrogen (secondary N) is 1. The number of hydrogen-bond donors (Lipinski definition) is 3. The van der Waals surface area contributed by atoms with Gasteiger partial charge in [0.1, 0.15) is 11.6 Å². The van der Waals surface area contributed by atoms with Gasteiger partial charge in [0.25, 0.3) is 0 Å². The summed E-state index contributed by atoms with van der Waals surface area (Å²) in [6, 6.07) is 10.7. The van der Waals surface area contributed by atoms with Gasteiger partial charge in [-0.3, -0.25) is 0 Å². The van der Waals surface area contributed by atoms with Crippen molar-refractivity contribution in [3.8, 4) is 5.75 Å². The highest BCUT2D eigenvalue weighted by Crippen LogP contribution is 2.34. The lowest BCUT2D eigenvalue weighted by molar-refractivity contribution is 0.0697. The van der Waals surface area contributed by atoms with Gasteiger partial charge >= 0.3 is 5.97 Å². The smallest absolute Gasteiger partial charge is 0.335 e. The summed E-state index contributed by atoms with van der Waals surface area (Å²) < 4.78 is 5.40. The van der Waals surface area contributed by atoms with Gasteiger partial charge in [0.05, 0.1) is 29.3 Å². The van der Waals surface area contributed by atoms with Gasteiger partial charge in [-0.2, -0.15) is 0 Å². The number of aryl methyl sites for hydroxylation is 1. The van der Waals surface area contributed by atoms with E-state index in [2.05, 4.69) is 22.9 Å². The number of amidine groups is 1. The van der Waals surface area contributed by atoms with Gasteiger partial charge < -0.3 is 15.2 Å². The van der Waals surface area contributed by atoms with E-state index in [1.165, 1.54) is 0 Å². The molecule has 3 rings (SSSR count). The first-order valence-electron chi connectivity index (χ1n) is 7.05. The first-order chi connectivity index (χ1) is 11.0. The molecule has 1 unspecified atom stereocenters. The molecule has 0 fully saturated rings. The zero-order valence-corrected chi connectivity index (χ0v) is 13.6. The summed E-state index contributed by atoms with van der Waals surface area (Å²) in [7, 11) is 1.61. The number of fused-ring (bicyclic) bond motifs is 1. The number of benzene rings is 2. The Morgan fingerprint density at radius 1 is 1.30 bits per heavy atom. The Morgan fingerprint density at radius 3 is 2.78 bits per heavy atom. The number of methoxy groups -OCH3 is 1. The Morgan fingerprint density at radius 2 is 2.09 bits per heavy atom. The monoisotopic (exact) mass is 328 g/mol. The SMILES string of the molecule is COc1ccc(C)cc1C1=Nc2ccc(C(=O)O)cc2C(S)N1. The standard InChI is InChI=1S/C17H16N2O3S/c1-9-3-6-14(22-2)12(7-9)15-18-13-5-4-10(17(20)21)8-11(13)16(23)19-15/h3-8,16,23H,1-2H3,(H,18,19)(H,20,21). The number of thiol groups is 1. The second kappa shape index (κ2) is 5.96. The summed E-state index contributed by atoms with van der Waals surface area (Å²) in [5, 5.41) is 12.0. The maximum atomic E-state index is 11.1. The van der Waals surface area contributed by atoms with Gasteiger partial charge in [-0.25, -0.2) is 9.79 Å². The van der Waals surface area contributed by atoms with Crippen LogP contribution >= 0.6 is 12.6 Å². The van der Waals surface area contributed by atoms with E-state index in [0.29, 0.717) is 17.3 Å². The second-order valence-corrected chi connectivity index (χ2v) is 5.81. The second-order valence-electron chi connectivity index (χ2n) is 5.29. The Labute approximate surface area is 139 Å². The molecular weight excluding hydrogens is 312 g/mol. The summed E-state index contributed by atoms with van der Waals surface area (Å²) in [4.78, 5) is 15.7. The van der Waals surface area contributed by atoms with Crippen LogP contribution in [0, 0.1) is 6.92 Å². The number of nitrogens with zero attached hydrogens (tertiary/aromatic N) is 1. The van der Waals surface area contributed by atoms with Crippen LogP contribution in [0.4, 0.5) is 5.69 Å². The third-order valence-corrected chi connectivity index (χ3v) is 4.09. The molecule has 2 aromatic rings. The number of carboxylic acids is 1. The summed E-state index contributed by atoms with van der Waals surface area (Å²) in [5.74, 6) is 0.401. The molecule has 0 aromatic heterocycles. The first kappa shape index (κ1) is 15.4. The van der Waals surface area contributed by atoms with Crippen molar-refractivity contribution < 1.29 is 14.6 Å². The van der Waals surface area contributed by atoms with Crippen LogP contribution in [0.15, 0.2) is 41.4 Å². The van der Waals surface area contributed by atoms with Crippen LogP contribution < -0.4 is 10.1 Å². The van der Waals surface area contributed by atoms with Crippen LogP contribution in [0.25, 0.3) is 0 Å². The molecule has 1 aliphatic rings. The van der Waals surface area contributed by atoms with E-state index in [0.717, 1.165) is 16.7 Å². The topological polar surface area (TPSA) is 70.9 Å². The Hall–Kier alpha value is -2.47. The number of aromatic carboxylic acids is 1. The average molecular weight is 328 g/mol. The molecule has 0 spiro atoms. The normalized spacial score (nSPS) is 16.1. The first-order valence-corrected chi connectivity index (χ1v) is 7.57. The summed E-state index contributed by atoms with van der Waals surface area (Å²) in [6.07, 6.45) is 0. The highest BCUT2D eigenvalue weighted by molar-refractivity contribution is 7.80. The summed E-state index contributed by atoms with van der Waals surface area (Å²) in [5.41, 5.74) is 3.60. The molecule has 1 heterocycles. The number of rotatable bonds is 3. The van der Waals surface area contributed by atoms with E-state index in [1.54, 1.807) is 25.3 Å². The molecule has 1 atom stereocenters. The Balaban J connectivity index is 2.10. The van der Waals surface area contributed by atoms with Gasteiger partial charge in [0.15, 0.2) is 0 Å². The fourth-order valence-corrected chi connectivity index (χ4v) is 2.84. The zero-order valence-electron chi connectivity index (χ0n) is 12.7. The van der Waals surface area contributed by atoms with Crippen LogP contribution in [0.1, 0.15) is 32.4 Å². The molecule has 0 radical (unpaired) electrons. The maximum Gasteiger partial charge on any atom is 0.335 e. The van der Waals surface area contributed by atoms with Gasteiger partial charge in [-0.15, -0.1) is 12.6 Å². The minimum atomic E-state index is -0.969. The van der Waals surface area contributed by atoms with E-state index < -0.39 is 5.97 Å². The molecule has 23 heavy (non-hydrogen) atoms. The van der Waals surface area contributed by atoms with Crippen molar-refractivity contribution in [3.63, 3.8) is 0 Å². The van der Waals surface area contributed by atoms with Crippen LogP contribution in [0.5, 0.6) is 5.75 Å². The zero-order chi connectivity index (χ0) is 16.6. The molecule has 0 saturated carbocycles. The maximum absolute atomic E-state index is 11.1. The predicted molar refractivity (Wildman–Crippen MR) is 92.2 cm³/mol. The van der Waals surface area contributed by atoms with Crippen LogP contribution in [-0.4, -0.2) is 24.0 Å². The molecule has 2 aromatic carbocycles. The molecule has 6 heteroatoms. The van der Waals surface area contributed by atoms with Gasteiger partial charge in [0, 0.05) is 5.56 Å². The number of ether oxygens (including phenoxy) is 1. The molecule has 0 bridgehead atoms. The largest absolute Gasteiger partial charge is 0.496 e. The summed E-state index contributed by atoms with van der Waals surface area (Å²) >= 11 is 4.53. The predicted octanol–water partition coefficient (Wildman–Crippen LogP) is 3.31. The van der Waals surface area contributed by atoms with Crippen molar-refractivity contribution in [2.45, 2.75) is 12.3 Å². The number of carbonyl (C=O) groups is 1. The third-order valence-electron chi connectivity index (χ3n) is 3.68. The molecule has 0 saturated heterocycles. The van der Waals surface area contributed by atoms with Crippen molar-refractivity contribution in [2.75, 3.05) is 7.11 Å². The van der Waals surface area contributed by atoms with Crippen LogP contribution in [0.2, 0.25) is 0 Å². The molecular formula is C17H16N2O3S. The molecule has 0 aliphatic carbocycles. The number of aliphatic imine (C=N–C) groups is 1. The van der Waals surface area contributed by atoms with Crippen molar-refractivity contribution in [1.82, 2.24) is 5.32 Å². The third kappa shape index (κ3) is 2.90. The van der Waals surface area contributed by atoms with E-state index in [-0.39, 0.29) is 10.9 Å². The summed E-state index contributed by atoms with van der Waals surface area (Å²) in [6.45, 7) is 2.00. The molecule has 5 nitrogen and oxygen atoms in total. The molecule has 1 aliphatic heterocycles. The average Bonchev–Trinajstić information content (AvgIpc) is 2.54. The number of hydrogen-bond acceptors (Lipinski definition) is 5. The van der Waals surface area contributed by atoms with E-state index in [9.17, 15) is 4.79 Å². The molecule has 118 valence electrons. The van der Waals surface area contributed by atoms with E-state index in [4.69, 9.17) is 9.84 Å². The van der Waals surface area contributed by atoms with Crippen LogP contribution in [-0.2, 0) is 0 Å². The lowest BCUT2D eigenvalue weighted by Crippen LogP contribution is -2.29. The lowest BCUT2D eigenvalue weighted by Gasteiger charge is -2.25. The minimum absolute atomic E-state index is 0.219. The van der Waals surface area contributed by atoms with Crippen molar-refractivity contribution >= 4 is 30.1 Å². The molecule has 0 amide bonds.